The third kappa shape index (κ3) is 3.22. The van der Waals surface area contributed by atoms with Crippen LogP contribution in [0.15, 0.2) is 48.3 Å². The molecule has 1 fully saturated rings. The van der Waals surface area contributed by atoms with Gasteiger partial charge in [-0.3, -0.25) is 9.78 Å². The van der Waals surface area contributed by atoms with Gasteiger partial charge in [-0.2, -0.15) is 0 Å². The number of esters is 1. The Morgan fingerprint density at radius 1 is 1.19 bits per heavy atom. The number of carbonyl (C=O) groups excluding carboxylic acids is 2. The average Bonchev–Trinajstić information content (AvgIpc) is 3.31. The number of ether oxygens (including phenoxy) is 2. The van der Waals surface area contributed by atoms with E-state index in [4.69, 9.17) is 21.1 Å². The third-order valence-electron chi connectivity index (χ3n) is 4.82. The summed E-state index contributed by atoms with van der Waals surface area (Å²) in [6, 6.07) is 8.41. The summed E-state index contributed by atoms with van der Waals surface area (Å²) in [6.07, 6.45) is 4.73. The van der Waals surface area contributed by atoms with Crippen molar-refractivity contribution in [1.82, 2.24) is 4.98 Å². The Morgan fingerprint density at radius 2 is 1.93 bits per heavy atom. The van der Waals surface area contributed by atoms with E-state index in [1.54, 1.807) is 24.5 Å². The van der Waals surface area contributed by atoms with Gasteiger partial charge in [0.25, 0.3) is 5.91 Å². The number of pyridine rings is 1. The molecule has 7 heteroatoms. The summed E-state index contributed by atoms with van der Waals surface area (Å²) in [5.41, 5.74) is 2.96. The summed E-state index contributed by atoms with van der Waals surface area (Å²) in [5, 5.41) is 3.21. The first kappa shape index (κ1) is 17.7. The fourth-order valence-corrected chi connectivity index (χ4v) is 3.82. The molecule has 6 nitrogen and oxygen atoms in total. The summed E-state index contributed by atoms with van der Waals surface area (Å²) in [6.45, 7) is 0. The van der Waals surface area contributed by atoms with E-state index in [1.807, 2.05) is 12.1 Å². The molecular formula is C20H17ClN2O4. The van der Waals surface area contributed by atoms with Gasteiger partial charge in [0, 0.05) is 17.4 Å². The number of fused-ring (bicyclic) bond motifs is 2. The van der Waals surface area contributed by atoms with Crippen LogP contribution in [-0.4, -0.2) is 36.2 Å². The van der Waals surface area contributed by atoms with E-state index in [0.717, 1.165) is 24.0 Å². The minimum absolute atomic E-state index is 0.0940. The van der Waals surface area contributed by atoms with Crippen molar-refractivity contribution in [2.45, 2.75) is 25.0 Å². The van der Waals surface area contributed by atoms with Crippen LogP contribution in [0.5, 0.6) is 0 Å². The number of nitrogens with one attached hydrogen (secondary N) is 1. The standard InChI is InChI=1S/C20H17ClN2O4/c1-26-20(25)13-10-12(21)2-3-14(13)23-19(24)18-16-5-4-15(27-16)17(18)11-6-8-22-9-7-11/h2-3,6-10,15-16H,4-5H2,1H3,(H,23,24)/t15-,16+/m0/s1. The summed E-state index contributed by atoms with van der Waals surface area (Å²) >= 11 is 5.98. The van der Waals surface area contributed by atoms with E-state index in [9.17, 15) is 9.59 Å². The molecule has 4 rings (SSSR count). The molecule has 1 aromatic heterocycles. The monoisotopic (exact) mass is 384 g/mol. The lowest BCUT2D eigenvalue weighted by Crippen LogP contribution is -2.24. The number of carbonyl (C=O) groups is 2. The summed E-state index contributed by atoms with van der Waals surface area (Å²) < 4.78 is 10.7. The van der Waals surface area contributed by atoms with E-state index in [2.05, 4.69) is 10.3 Å². The van der Waals surface area contributed by atoms with Crippen molar-refractivity contribution in [3.8, 4) is 0 Å². The minimum Gasteiger partial charge on any atom is -0.465 e. The fourth-order valence-electron chi connectivity index (χ4n) is 3.64. The lowest BCUT2D eigenvalue weighted by atomic mass is 9.87. The van der Waals surface area contributed by atoms with Crippen LogP contribution >= 0.6 is 11.6 Å². The lowest BCUT2D eigenvalue weighted by molar-refractivity contribution is -0.113. The summed E-state index contributed by atoms with van der Waals surface area (Å²) in [5.74, 6) is -0.859. The van der Waals surface area contributed by atoms with Crippen LogP contribution in [0.1, 0.15) is 28.8 Å². The van der Waals surface area contributed by atoms with Crippen LogP contribution in [0.2, 0.25) is 5.02 Å². The number of aromatic nitrogens is 1. The molecule has 3 heterocycles. The van der Waals surface area contributed by atoms with Gasteiger partial charge >= 0.3 is 5.97 Å². The maximum atomic E-state index is 13.1. The molecule has 2 aliphatic heterocycles. The molecule has 0 unspecified atom stereocenters. The SMILES string of the molecule is COC(=O)c1cc(Cl)ccc1NC(=O)C1=C(c2ccncc2)[C@@H]2CC[C@H]1O2. The highest BCUT2D eigenvalue weighted by Crippen LogP contribution is 2.44. The predicted molar refractivity (Wildman–Crippen MR) is 100 cm³/mol. The number of rotatable bonds is 4. The van der Waals surface area contributed by atoms with Crippen molar-refractivity contribution in [3.05, 3.63) is 64.4 Å². The van der Waals surface area contributed by atoms with Crippen molar-refractivity contribution in [2.75, 3.05) is 12.4 Å². The first-order chi connectivity index (χ1) is 13.1. The number of hydrogen-bond acceptors (Lipinski definition) is 5. The molecule has 0 radical (unpaired) electrons. The first-order valence-electron chi connectivity index (χ1n) is 8.57. The molecular weight excluding hydrogens is 368 g/mol. The second-order valence-corrected chi connectivity index (χ2v) is 6.83. The number of halogens is 1. The van der Waals surface area contributed by atoms with Gasteiger partial charge in [-0.1, -0.05) is 11.6 Å². The highest BCUT2D eigenvalue weighted by molar-refractivity contribution is 6.31. The quantitative estimate of drug-likeness (QED) is 0.816. The normalized spacial score (nSPS) is 20.7. The molecule has 1 amide bonds. The molecule has 2 aliphatic rings. The van der Waals surface area contributed by atoms with E-state index in [-0.39, 0.29) is 23.7 Å². The van der Waals surface area contributed by atoms with Gasteiger partial charge in [0.2, 0.25) is 0 Å². The zero-order valence-electron chi connectivity index (χ0n) is 14.6. The van der Waals surface area contributed by atoms with E-state index < -0.39 is 5.97 Å². The number of nitrogens with zero attached hydrogens (tertiary/aromatic N) is 1. The predicted octanol–water partition coefficient (Wildman–Crippen LogP) is 3.48. The van der Waals surface area contributed by atoms with Crippen molar-refractivity contribution in [2.24, 2.45) is 0 Å². The van der Waals surface area contributed by atoms with Gasteiger partial charge in [-0.25, -0.2) is 4.79 Å². The Kier molecular flexibility index (Phi) is 4.68. The Balaban J connectivity index is 1.71. The Hall–Kier alpha value is -2.70. The zero-order chi connectivity index (χ0) is 19.0. The first-order valence-corrected chi connectivity index (χ1v) is 8.95. The second kappa shape index (κ2) is 7.13. The Labute approximate surface area is 161 Å². The van der Waals surface area contributed by atoms with E-state index in [1.165, 1.54) is 13.2 Å². The molecule has 1 N–H and O–H groups in total. The van der Waals surface area contributed by atoms with Crippen molar-refractivity contribution in [1.29, 1.82) is 0 Å². The molecule has 2 atom stereocenters. The molecule has 138 valence electrons. The van der Waals surface area contributed by atoms with E-state index >= 15 is 0 Å². The summed E-state index contributed by atoms with van der Waals surface area (Å²) in [7, 11) is 1.28. The van der Waals surface area contributed by atoms with Crippen LogP contribution in [0, 0.1) is 0 Å². The van der Waals surface area contributed by atoms with Crippen LogP contribution < -0.4 is 5.32 Å². The highest BCUT2D eigenvalue weighted by atomic mass is 35.5. The fraction of sp³-hybridized carbons (Fsp3) is 0.250. The lowest BCUT2D eigenvalue weighted by Gasteiger charge is -2.17. The second-order valence-electron chi connectivity index (χ2n) is 6.39. The molecule has 2 bridgehead atoms. The molecule has 0 spiro atoms. The largest absolute Gasteiger partial charge is 0.465 e. The van der Waals surface area contributed by atoms with Crippen molar-refractivity contribution < 1.29 is 19.1 Å². The van der Waals surface area contributed by atoms with E-state index in [0.29, 0.717) is 16.3 Å². The van der Waals surface area contributed by atoms with Crippen LogP contribution in [-0.2, 0) is 14.3 Å². The molecule has 27 heavy (non-hydrogen) atoms. The highest BCUT2D eigenvalue weighted by Gasteiger charge is 2.43. The Bertz CT molecular complexity index is 942. The Morgan fingerprint density at radius 3 is 2.67 bits per heavy atom. The van der Waals surface area contributed by atoms with Gasteiger partial charge in [0.1, 0.15) is 0 Å². The zero-order valence-corrected chi connectivity index (χ0v) is 15.3. The average molecular weight is 385 g/mol. The smallest absolute Gasteiger partial charge is 0.340 e. The number of methoxy groups -OCH3 is 1. The molecule has 2 aromatic rings. The number of anilines is 1. The number of hydrogen-bond donors (Lipinski definition) is 1. The van der Waals surface area contributed by atoms with Crippen LogP contribution in [0.4, 0.5) is 5.69 Å². The van der Waals surface area contributed by atoms with Gasteiger partial charge in [-0.15, -0.1) is 0 Å². The van der Waals surface area contributed by atoms with Crippen molar-refractivity contribution in [3.63, 3.8) is 0 Å². The number of benzene rings is 1. The van der Waals surface area contributed by atoms with Gasteiger partial charge in [0.05, 0.1) is 36.1 Å². The third-order valence-corrected chi connectivity index (χ3v) is 5.06. The molecule has 0 aliphatic carbocycles. The van der Waals surface area contributed by atoms with Crippen molar-refractivity contribution >= 4 is 34.7 Å². The van der Waals surface area contributed by atoms with Crippen LogP contribution in [0.25, 0.3) is 5.57 Å². The maximum Gasteiger partial charge on any atom is 0.340 e. The van der Waals surface area contributed by atoms with Crippen LogP contribution in [0.3, 0.4) is 0 Å². The summed E-state index contributed by atoms with van der Waals surface area (Å²) in [4.78, 5) is 29.2. The molecule has 1 saturated heterocycles. The van der Waals surface area contributed by atoms with Gasteiger partial charge < -0.3 is 14.8 Å². The van der Waals surface area contributed by atoms with Gasteiger partial charge in [-0.05, 0) is 54.3 Å². The maximum absolute atomic E-state index is 13.1. The minimum atomic E-state index is -0.569. The van der Waals surface area contributed by atoms with Gasteiger partial charge in [0.15, 0.2) is 0 Å². The molecule has 1 aromatic carbocycles. The molecule has 0 saturated carbocycles. The topological polar surface area (TPSA) is 77.5 Å². The number of amides is 1.